The normalized spacial score (nSPS) is 18.1. The van der Waals surface area contributed by atoms with Gasteiger partial charge in [0.2, 0.25) is 0 Å². The van der Waals surface area contributed by atoms with Crippen LogP contribution in [0.15, 0.2) is 36.4 Å². The van der Waals surface area contributed by atoms with Gasteiger partial charge in [0.15, 0.2) is 0 Å². The highest BCUT2D eigenvalue weighted by atomic mass is 16.5. The van der Waals surface area contributed by atoms with E-state index in [9.17, 15) is 4.79 Å². The van der Waals surface area contributed by atoms with Crippen molar-refractivity contribution in [3.05, 3.63) is 42.0 Å². The van der Waals surface area contributed by atoms with Crippen LogP contribution in [0.5, 0.6) is 5.75 Å². The molecule has 1 aliphatic rings. The second-order valence-corrected chi connectivity index (χ2v) is 5.02. The second kappa shape index (κ2) is 5.51. The number of methoxy groups -OCH3 is 1. The molecule has 1 amide bonds. The Balaban J connectivity index is 1.96. The van der Waals surface area contributed by atoms with Crippen LogP contribution in [0.25, 0.3) is 10.8 Å². The van der Waals surface area contributed by atoms with E-state index in [4.69, 9.17) is 4.74 Å². The molecule has 3 rings (SSSR count). The van der Waals surface area contributed by atoms with Crippen LogP contribution in [-0.4, -0.2) is 32.1 Å². The van der Waals surface area contributed by atoms with Gasteiger partial charge < -0.3 is 15.4 Å². The lowest BCUT2D eigenvalue weighted by molar-refractivity contribution is 0.0941. The van der Waals surface area contributed by atoms with Gasteiger partial charge in [-0.15, -0.1) is 0 Å². The van der Waals surface area contributed by atoms with E-state index in [1.54, 1.807) is 7.11 Å². The van der Waals surface area contributed by atoms with Gasteiger partial charge in [0.25, 0.3) is 5.91 Å². The zero-order chi connectivity index (χ0) is 13.9. The molecule has 1 fully saturated rings. The van der Waals surface area contributed by atoms with Crippen molar-refractivity contribution >= 4 is 16.7 Å². The molecule has 0 aliphatic carbocycles. The Labute approximate surface area is 118 Å². The number of fused-ring (bicyclic) bond motifs is 1. The number of benzene rings is 2. The molecule has 20 heavy (non-hydrogen) atoms. The van der Waals surface area contributed by atoms with E-state index < -0.39 is 0 Å². The van der Waals surface area contributed by atoms with Gasteiger partial charge in [0.05, 0.1) is 7.11 Å². The fourth-order valence-corrected chi connectivity index (χ4v) is 2.69. The second-order valence-electron chi connectivity index (χ2n) is 5.02. The smallest absolute Gasteiger partial charge is 0.252 e. The number of carbonyl (C=O) groups excluding carboxylic acids is 1. The highest BCUT2D eigenvalue weighted by Gasteiger charge is 2.19. The lowest BCUT2D eigenvalue weighted by Gasteiger charge is -2.14. The Kier molecular flexibility index (Phi) is 3.56. The number of hydrogen-bond acceptors (Lipinski definition) is 3. The molecule has 1 atom stereocenters. The number of rotatable bonds is 3. The molecule has 0 radical (unpaired) electrons. The maximum absolute atomic E-state index is 12.4. The average Bonchev–Trinajstić information content (AvgIpc) is 2.99. The third kappa shape index (κ3) is 2.34. The van der Waals surface area contributed by atoms with Crippen molar-refractivity contribution in [2.24, 2.45) is 0 Å². The van der Waals surface area contributed by atoms with Gasteiger partial charge in [-0.1, -0.05) is 24.3 Å². The molecule has 1 unspecified atom stereocenters. The minimum atomic E-state index is -0.0162. The molecule has 2 N–H and O–H groups in total. The quantitative estimate of drug-likeness (QED) is 0.896. The molecule has 1 saturated heterocycles. The highest BCUT2D eigenvalue weighted by Crippen LogP contribution is 2.28. The minimum absolute atomic E-state index is 0.0162. The molecule has 1 heterocycles. The summed E-state index contributed by atoms with van der Waals surface area (Å²) in [4.78, 5) is 12.4. The zero-order valence-electron chi connectivity index (χ0n) is 11.5. The van der Waals surface area contributed by atoms with E-state index in [1.807, 2.05) is 36.4 Å². The van der Waals surface area contributed by atoms with Crippen LogP contribution in [-0.2, 0) is 0 Å². The van der Waals surface area contributed by atoms with Gasteiger partial charge in [-0.05, 0) is 30.5 Å². The van der Waals surface area contributed by atoms with Crippen molar-refractivity contribution in [2.75, 3.05) is 20.2 Å². The van der Waals surface area contributed by atoms with Crippen LogP contribution in [0.4, 0.5) is 0 Å². The third-order valence-electron chi connectivity index (χ3n) is 3.74. The third-order valence-corrected chi connectivity index (χ3v) is 3.74. The number of ether oxygens (including phenoxy) is 1. The molecule has 1 aliphatic heterocycles. The van der Waals surface area contributed by atoms with Gasteiger partial charge in [-0.25, -0.2) is 0 Å². The zero-order valence-corrected chi connectivity index (χ0v) is 11.5. The van der Waals surface area contributed by atoms with Crippen LogP contribution < -0.4 is 15.4 Å². The molecule has 2 aromatic rings. The van der Waals surface area contributed by atoms with E-state index in [0.29, 0.717) is 5.56 Å². The number of hydrogen-bond donors (Lipinski definition) is 2. The van der Waals surface area contributed by atoms with Gasteiger partial charge in [0, 0.05) is 23.5 Å². The summed E-state index contributed by atoms with van der Waals surface area (Å²) in [6.45, 7) is 1.81. The summed E-state index contributed by atoms with van der Waals surface area (Å²) in [5.41, 5.74) is 0.702. The fraction of sp³-hybridized carbons (Fsp3) is 0.312. The highest BCUT2D eigenvalue weighted by molar-refractivity contribution is 6.08. The molecule has 0 saturated carbocycles. The van der Waals surface area contributed by atoms with Crippen LogP contribution in [0.3, 0.4) is 0 Å². The van der Waals surface area contributed by atoms with E-state index in [0.717, 1.165) is 36.0 Å². The molecule has 0 spiro atoms. The van der Waals surface area contributed by atoms with Crippen molar-refractivity contribution in [3.63, 3.8) is 0 Å². The maximum atomic E-state index is 12.4. The maximum Gasteiger partial charge on any atom is 0.252 e. The van der Waals surface area contributed by atoms with E-state index in [1.165, 1.54) is 0 Å². The lowest BCUT2D eigenvalue weighted by Crippen LogP contribution is -2.36. The van der Waals surface area contributed by atoms with Crippen molar-refractivity contribution < 1.29 is 9.53 Å². The Bertz CT molecular complexity index is 633. The Hall–Kier alpha value is -2.07. The van der Waals surface area contributed by atoms with Crippen LogP contribution >= 0.6 is 0 Å². The van der Waals surface area contributed by atoms with Crippen molar-refractivity contribution in [3.8, 4) is 5.75 Å². The van der Waals surface area contributed by atoms with Crippen molar-refractivity contribution in [1.82, 2.24) is 10.6 Å². The summed E-state index contributed by atoms with van der Waals surface area (Å²) >= 11 is 0. The summed E-state index contributed by atoms with van der Waals surface area (Å²) in [7, 11) is 1.64. The molecular weight excluding hydrogens is 252 g/mol. The van der Waals surface area contributed by atoms with E-state index in [-0.39, 0.29) is 11.9 Å². The summed E-state index contributed by atoms with van der Waals surface area (Å²) in [5.74, 6) is 0.775. The predicted octanol–water partition coefficient (Wildman–Crippen LogP) is 1.94. The number of nitrogens with one attached hydrogen (secondary N) is 2. The van der Waals surface area contributed by atoms with E-state index >= 15 is 0 Å². The first-order valence-electron chi connectivity index (χ1n) is 6.87. The topological polar surface area (TPSA) is 50.4 Å². The molecule has 4 heteroatoms. The van der Waals surface area contributed by atoms with Crippen molar-refractivity contribution in [1.29, 1.82) is 0 Å². The molecule has 4 nitrogen and oxygen atoms in total. The first kappa shape index (κ1) is 12.9. The Morgan fingerprint density at radius 2 is 2.05 bits per heavy atom. The standard InChI is InChI=1S/C16H18N2O2/c1-20-15-7-6-14(12-4-2-3-5-13(12)15)16(19)18-11-8-9-17-10-11/h2-7,11,17H,8-10H2,1H3,(H,18,19). The Morgan fingerprint density at radius 3 is 2.75 bits per heavy atom. The largest absolute Gasteiger partial charge is 0.496 e. The molecule has 104 valence electrons. The Morgan fingerprint density at radius 1 is 1.25 bits per heavy atom. The van der Waals surface area contributed by atoms with Gasteiger partial charge >= 0.3 is 0 Å². The van der Waals surface area contributed by atoms with Crippen LogP contribution in [0.1, 0.15) is 16.8 Å². The molecular formula is C16H18N2O2. The average molecular weight is 270 g/mol. The summed E-state index contributed by atoms with van der Waals surface area (Å²) < 4.78 is 5.35. The first-order valence-corrected chi connectivity index (χ1v) is 6.87. The van der Waals surface area contributed by atoms with E-state index in [2.05, 4.69) is 10.6 Å². The molecule has 0 bridgehead atoms. The summed E-state index contributed by atoms with van der Waals surface area (Å²) in [5, 5.41) is 8.22. The van der Waals surface area contributed by atoms with Crippen LogP contribution in [0, 0.1) is 0 Å². The summed E-state index contributed by atoms with van der Waals surface area (Å²) in [6, 6.07) is 11.7. The van der Waals surface area contributed by atoms with Gasteiger partial charge in [-0.2, -0.15) is 0 Å². The number of carbonyl (C=O) groups is 1. The van der Waals surface area contributed by atoms with Gasteiger partial charge in [-0.3, -0.25) is 4.79 Å². The lowest BCUT2D eigenvalue weighted by atomic mass is 10.0. The van der Waals surface area contributed by atoms with Crippen molar-refractivity contribution in [2.45, 2.75) is 12.5 Å². The predicted molar refractivity (Wildman–Crippen MR) is 79.2 cm³/mol. The minimum Gasteiger partial charge on any atom is -0.496 e. The number of amides is 1. The first-order chi connectivity index (χ1) is 9.79. The fourth-order valence-electron chi connectivity index (χ4n) is 2.69. The molecule has 0 aromatic heterocycles. The summed E-state index contributed by atoms with van der Waals surface area (Å²) in [6.07, 6.45) is 0.986. The molecule has 2 aromatic carbocycles. The van der Waals surface area contributed by atoms with Crippen LogP contribution in [0.2, 0.25) is 0 Å². The SMILES string of the molecule is COc1ccc(C(=O)NC2CCNC2)c2ccccc12. The van der Waals surface area contributed by atoms with Gasteiger partial charge in [0.1, 0.15) is 5.75 Å². The monoisotopic (exact) mass is 270 g/mol.